The molecule has 1 atom stereocenters. The summed E-state index contributed by atoms with van der Waals surface area (Å²) in [6.07, 6.45) is 0.308. The Kier molecular flexibility index (Phi) is 4.69. The average molecular weight is 275 g/mol. The molecule has 0 radical (unpaired) electrons. The normalized spacial score (nSPS) is 17.4. The fourth-order valence-corrected chi connectivity index (χ4v) is 2.90. The number of hydrogen-bond donors (Lipinski definition) is 1. The molecule has 1 unspecified atom stereocenters. The van der Waals surface area contributed by atoms with Gasteiger partial charge in [0, 0.05) is 13.0 Å². The predicted molar refractivity (Wildman–Crippen MR) is 80.7 cm³/mol. The van der Waals surface area contributed by atoms with Crippen molar-refractivity contribution in [1.82, 2.24) is 5.32 Å². The molecule has 3 nitrogen and oxygen atoms in total. The maximum Gasteiger partial charge on any atom is 0.261 e. The van der Waals surface area contributed by atoms with Crippen LogP contribution in [0, 0.1) is 17.8 Å². The summed E-state index contributed by atoms with van der Waals surface area (Å²) in [7, 11) is 0. The SMILES string of the molecule is CC(C)C(CNC(=O)C1Cc2ccccc2O1)C(C)C. The quantitative estimate of drug-likeness (QED) is 0.897. The van der Waals surface area contributed by atoms with Crippen molar-refractivity contribution in [1.29, 1.82) is 0 Å². The molecule has 0 saturated carbocycles. The Hall–Kier alpha value is -1.51. The second-order valence-electron chi connectivity index (χ2n) is 6.32. The number of benzene rings is 1. The summed E-state index contributed by atoms with van der Waals surface area (Å²) in [5.74, 6) is 2.49. The fourth-order valence-electron chi connectivity index (χ4n) is 2.90. The zero-order valence-corrected chi connectivity index (χ0v) is 12.8. The Labute approximate surface area is 121 Å². The number of para-hydroxylation sites is 1. The average Bonchev–Trinajstić information content (AvgIpc) is 2.81. The van der Waals surface area contributed by atoms with Crippen LogP contribution in [0.3, 0.4) is 0 Å². The van der Waals surface area contributed by atoms with E-state index in [0.29, 0.717) is 24.2 Å². The summed E-state index contributed by atoms with van der Waals surface area (Å²) in [4.78, 5) is 12.2. The molecule has 1 heterocycles. The highest BCUT2D eigenvalue weighted by molar-refractivity contribution is 5.82. The highest BCUT2D eigenvalue weighted by Crippen LogP contribution is 2.28. The third kappa shape index (κ3) is 3.33. The van der Waals surface area contributed by atoms with Crippen molar-refractivity contribution in [2.45, 2.75) is 40.2 Å². The fraction of sp³-hybridized carbons (Fsp3) is 0.588. The highest BCUT2D eigenvalue weighted by atomic mass is 16.5. The Bertz CT molecular complexity index is 435. The van der Waals surface area contributed by atoms with Crippen LogP contribution in [0.25, 0.3) is 0 Å². The van der Waals surface area contributed by atoms with Crippen LogP contribution in [-0.4, -0.2) is 18.6 Å². The first kappa shape index (κ1) is 14.9. The van der Waals surface area contributed by atoms with Gasteiger partial charge in [0.05, 0.1) is 0 Å². The van der Waals surface area contributed by atoms with Gasteiger partial charge in [-0.15, -0.1) is 0 Å². The van der Waals surface area contributed by atoms with Gasteiger partial charge < -0.3 is 10.1 Å². The summed E-state index contributed by atoms with van der Waals surface area (Å²) in [5, 5.41) is 3.06. The van der Waals surface area contributed by atoms with E-state index in [1.807, 2.05) is 24.3 Å². The second kappa shape index (κ2) is 6.29. The highest BCUT2D eigenvalue weighted by Gasteiger charge is 2.29. The van der Waals surface area contributed by atoms with E-state index in [2.05, 4.69) is 33.0 Å². The number of hydrogen-bond acceptors (Lipinski definition) is 2. The van der Waals surface area contributed by atoms with Crippen molar-refractivity contribution in [2.75, 3.05) is 6.54 Å². The number of carbonyl (C=O) groups is 1. The summed E-state index contributed by atoms with van der Waals surface area (Å²) in [6.45, 7) is 9.55. The molecule has 0 fully saturated rings. The molecule has 1 amide bonds. The first-order valence-electron chi connectivity index (χ1n) is 7.51. The topological polar surface area (TPSA) is 38.3 Å². The Morgan fingerprint density at radius 2 is 1.90 bits per heavy atom. The second-order valence-corrected chi connectivity index (χ2v) is 6.32. The lowest BCUT2D eigenvalue weighted by molar-refractivity contribution is -0.127. The van der Waals surface area contributed by atoms with E-state index in [0.717, 1.165) is 17.9 Å². The molecule has 20 heavy (non-hydrogen) atoms. The number of rotatable bonds is 5. The molecule has 0 spiro atoms. The van der Waals surface area contributed by atoms with Gasteiger partial charge in [-0.05, 0) is 29.4 Å². The molecule has 1 aromatic carbocycles. The van der Waals surface area contributed by atoms with Crippen molar-refractivity contribution in [2.24, 2.45) is 17.8 Å². The molecular weight excluding hydrogens is 250 g/mol. The van der Waals surface area contributed by atoms with Crippen LogP contribution in [0.5, 0.6) is 5.75 Å². The van der Waals surface area contributed by atoms with Gasteiger partial charge in [0.1, 0.15) is 5.75 Å². The van der Waals surface area contributed by atoms with Crippen LogP contribution >= 0.6 is 0 Å². The van der Waals surface area contributed by atoms with Gasteiger partial charge in [0.25, 0.3) is 5.91 Å². The standard InChI is InChI=1S/C17H25NO2/c1-11(2)14(12(3)4)10-18-17(19)16-9-13-7-5-6-8-15(13)20-16/h5-8,11-12,14,16H,9-10H2,1-4H3,(H,18,19). The molecule has 0 bridgehead atoms. The molecule has 0 saturated heterocycles. The molecule has 0 aliphatic carbocycles. The number of fused-ring (bicyclic) bond motifs is 1. The Balaban J connectivity index is 1.88. The van der Waals surface area contributed by atoms with Crippen LogP contribution in [0.15, 0.2) is 24.3 Å². The van der Waals surface area contributed by atoms with Gasteiger partial charge in [-0.3, -0.25) is 4.79 Å². The molecule has 1 aliphatic heterocycles. The van der Waals surface area contributed by atoms with Crippen LogP contribution in [0.1, 0.15) is 33.3 Å². The van der Waals surface area contributed by atoms with Crippen LogP contribution in [-0.2, 0) is 11.2 Å². The van der Waals surface area contributed by atoms with E-state index in [1.165, 1.54) is 0 Å². The zero-order chi connectivity index (χ0) is 14.7. The molecule has 110 valence electrons. The van der Waals surface area contributed by atoms with E-state index < -0.39 is 0 Å². The minimum Gasteiger partial charge on any atom is -0.480 e. The smallest absolute Gasteiger partial charge is 0.261 e. The molecule has 1 N–H and O–H groups in total. The van der Waals surface area contributed by atoms with Crippen molar-refractivity contribution < 1.29 is 9.53 Å². The molecule has 1 aromatic rings. The Morgan fingerprint density at radius 3 is 2.50 bits per heavy atom. The molecule has 3 heteroatoms. The van der Waals surface area contributed by atoms with Crippen LogP contribution < -0.4 is 10.1 Å². The monoisotopic (exact) mass is 275 g/mol. The first-order chi connectivity index (χ1) is 9.49. The maximum atomic E-state index is 12.2. The van der Waals surface area contributed by atoms with Gasteiger partial charge in [-0.1, -0.05) is 45.9 Å². The van der Waals surface area contributed by atoms with E-state index in [9.17, 15) is 4.79 Å². The van der Waals surface area contributed by atoms with Gasteiger partial charge in [-0.2, -0.15) is 0 Å². The third-order valence-electron chi connectivity index (χ3n) is 4.16. The largest absolute Gasteiger partial charge is 0.480 e. The van der Waals surface area contributed by atoms with Crippen molar-refractivity contribution in [3.63, 3.8) is 0 Å². The van der Waals surface area contributed by atoms with Crippen molar-refractivity contribution >= 4 is 5.91 Å². The lowest BCUT2D eigenvalue weighted by atomic mass is 9.85. The van der Waals surface area contributed by atoms with Crippen molar-refractivity contribution in [3.05, 3.63) is 29.8 Å². The van der Waals surface area contributed by atoms with E-state index in [4.69, 9.17) is 4.74 Å². The molecule has 0 aromatic heterocycles. The van der Waals surface area contributed by atoms with E-state index in [1.54, 1.807) is 0 Å². The number of ether oxygens (including phenoxy) is 1. The van der Waals surface area contributed by atoms with Gasteiger partial charge in [0.2, 0.25) is 0 Å². The summed E-state index contributed by atoms with van der Waals surface area (Å²) >= 11 is 0. The number of amides is 1. The van der Waals surface area contributed by atoms with Crippen molar-refractivity contribution in [3.8, 4) is 5.75 Å². The zero-order valence-electron chi connectivity index (χ0n) is 12.8. The summed E-state index contributed by atoms with van der Waals surface area (Å²) in [5.41, 5.74) is 1.12. The molecular formula is C17H25NO2. The minimum absolute atomic E-state index is 0.00694. The molecule has 2 rings (SSSR count). The van der Waals surface area contributed by atoms with Gasteiger partial charge in [0.15, 0.2) is 6.10 Å². The van der Waals surface area contributed by atoms with E-state index >= 15 is 0 Å². The van der Waals surface area contributed by atoms with Gasteiger partial charge >= 0.3 is 0 Å². The minimum atomic E-state index is -0.368. The van der Waals surface area contributed by atoms with Gasteiger partial charge in [-0.25, -0.2) is 0 Å². The molecule has 1 aliphatic rings. The predicted octanol–water partition coefficient (Wildman–Crippen LogP) is 3.03. The maximum absolute atomic E-state index is 12.2. The Morgan fingerprint density at radius 1 is 1.25 bits per heavy atom. The number of carbonyl (C=O) groups excluding carboxylic acids is 1. The lowest BCUT2D eigenvalue weighted by Crippen LogP contribution is -2.41. The van der Waals surface area contributed by atoms with Crippen LogP contribution in [0.4, 0.5) is 0 Å². The lowest BCUT2D eigenvalue weighted by Gasteiger charge is -2.25. The first-order valence-corrected chi connectivity index (χ1v) is 7.51. The summed E-state index contributed by atoms with van der Waals surface area (Å²) in [6, 6.07) is 7.87. The third-order valence-corrected chi connectivity index (χ3v) is 4.16. The van der Waals surface area contributed by atoms with Crippen LogP contribution in [0.2, 0.25) is 0 Å². The number of nitrogens with one attached hydrogen (secondary N) is 1. The summed E-state index contributed by atoms with van der Waals surface area (Å²) < 4.78 is 5.71. The van der Waals surface area contributed by atoms with E-state index in [-0.39, 0.29) is 12.0 Å².